The van der Waals surface area contributed by atoms with E-state index in [1.54, 1.807) is 20.3 Å². The first kappa shape index (κ1) is 25.6. The average Bonchev–Trinajstić information content (AvgIpc) is 3.12. The lowest BCUT2D eigenvalue weighted by molar-refractivity contribution is -0.137. The van der Waals surface area contributed by atoms with Gasteiger partial charge in [-0.3, -0.25) is 9.79 Å². The van der Waals surface area contributed by atoms with Crippen molar-refractivity contribution in [2.75, 3.05) is 26.0 Å². The summed E-state index contributed by atoms with van der Waals surface area (Å²) in [6.07, 6.45) is 2.30. The topological polar surface area (TPSA) is 83.6 Å². The number of hydrogen-bond donors (Lipinski definition) is 2. The van der Waals surface area contributed by atoms with Gasteiger partial charge in [0.15, 0.2) is 5.13 Å². The summed E-state index contributed by atoms with van der Waals surface area (Å²) >= 11 is 1.36. The van der Waals surface area contributed by atoms with Crippen molar-refractivity contribution in [3.8, 4) is 10.4 Å². The van der Waals surface area contributed by atoms with E-state index in [4.69, 9.17) is 5.73 Å². The molecule has 0 saturated heterocycles. The molecule has 1 atom stereocenters. The zero-order chi connectivity index (χ0) is 25.9. The fourth-order valence-corrected chi connectivity index (χ4v) is 4.74. The van der Waals surface area contributed by atoms with Crippen LogP contribution in [0.3, 0.4) is 0 Å². The summed E-state index contributed by atoms with van der Waals surface area (Å²) in [6, 6.07) is 10.7. The molecule has 2 heterocycles. The van der Waals surface area contributed by atoms with E-state index >= 15 is 0 Å². The van der Waals surface area contributed by atoms with Crippen molar-refractivity contribution in [1.82, 2.24) is 9.88 Å². The molecular formula is C26H26F3N5OS. The number of fused-ring (bicyclic) bond motifs is 1. The Kier molecular flexibility index (Phi) is 7.56. The van der Waals surface area contributed by atoms with Crippen molar-refractivity contribution in [2.45, 2.75) is 25.1 Å². The molecule has 0 fully saturated rings. The number of hydrogen-bond acceptors (Lipinski definition) is 6. The summed E-state index contributed by atoms with van der Waals surface area (Å²) in [5.74, 6) is -0.211. The zero-order valence-corrected chi connectivity index (χ0v) is 20.7. The number of aromatic nitrogens is 1. The molecule has 0 spiro atoms. The van der Waals surface area contributed by atoms with Gasteiger partial charge in [0, 0.05) is 45.5 Å². The summed E-state index contributed by atoms with van der Waals surface area (Å²) in [5, 5.41) is 3.74. The van der Waals surface area contributed by atoms with Crippen LogP contribution in [-0.2, 0) is 19.0 Å². The molecule has 6 nitrogen and oxygen atoms in total. The molecule has 188 valence electrons. The minimum absolute atomic E-state index is 0.211. The summed E-state index contributed by atoms with van der Waals surface area (Å²) in [6.45, 7) is 0.341. The Hall–Kier alpha value is -3.50. The quantitative estimate of drug-likeness (QED) is 0.460. The molecule has 0 unspecified atom stereocenters. The number of carbonyl (C=O) groups is 1. The largest absolute Gasteiger partial charge is 0.416 e. The van der Waals surface area contributed by atoms with Crippen LogP contribution in [0, 0.1) is 0 Å². The molecular weight excluding hydrogens is 487 g/mol. The van der Waals surface area contributed by atoms with Gasteiger partial charge < -0.3 is 16.0 Å². The molecule has 10 heteroatoms. The van der Waals surface area contributed by atoms with Gasteiger partial charge in [-0.05, 0) is 52.9 Å². The fourth-order valence-electron chi connectivity index (χ4n) is 3.78. The van der Waals surface area contributed by atoms with Crippen LogP contribution in [0.25, 0.3) is 16.5 Å². The maximum absolute atomic E-state index is 12.9. The van der Waals surface area contributed by atoms with Crippen molar-refractivity contribution in [3.63, 3.8) is 0 Å². The van der Waals surface area contributed by atoms with Gasteiger partial charge in [-0.1, -0.05) is 35.6 Å². The van der Waals surface area contributed by atoms with E-state index in [0.717, 1.165) is 40.1 Å². The molecule has 1 aromatic heterocycles. The van der Waals surface area contributed by atoms with E-state index in [9.17, 15) is 18.0 Å². The van der Waals surface area contributed by atoms with Gasteiger partial charge in [0.2, 0.25) is 0 Å². The van der Waals surface area contributed by atoms with Crippen molar-refractivity contribution in [3.05, 3.63) is 76.6 Å². The highest BCUT2D eigenvalue weighted by molar-refractivity contribution is 7.19. The molecule has 3 aromatic rings. The number of nitrogens with one attached hydrogen (secondary N) is 1. The van der Waals surface area contributed by atoms with Crippen molar-refractivity contribution in [2.24, 2.45) is 10.7 Å². The summed E-state index contributed by atoms with van der Waals surface area (Å²) < 4.78 is 38.3. The third-order valence-electron chi connectivity index (χ3n) is 5.70. The first-order valence-corrected chi connectivity index (χ1v) is 12.1. The zero-order valence-electron chi connectivity index (χ0n) is 19.8. The normalized spacial score (nSPS) is 13.7. The van der Waals surface area contributed by atoms with Crippen molar-refractivity contribution in [1.29, 1.82) is 0 Å². The van der Waals surface area contributed by atoms with Gasteiger partial charge >= 0.3 is 6.18 Å². The highest BCUT2D eigenvalue weighted by Crippen LogP contribution is 2.35. The van der Waals surface area contributed by atoms with Gasteiger partial charge in [0.1, 0.15) is 5.69 Å². The Morgan fingerprint density at radius 2 is 1.94 bits per heavy atom. The molecule has 0 bridgehead atoms. The van der Waals surface area contributed by atoms with Crippen LogP contribution in [0.5, 0.6) is 0 Å². The molecule has 0 aliphatic carbocycles. The number of thiazole rings is 1. The number of nitrogens with two attached hydrogens (primary N) is 1. The highest BCUT2D eigenvalue weighted by atomic mass is 32.1. The molecule has 1 aliphatic heterocycles. The fraction of sp³-hybridized carbons (Fsp3) is 0.269. The lowest BCUT2D eigenvalue weighted by Gasteiger charge is -2.13. The second-order valence-corrected chi connectivity index (χ2v) is 9.70. The summed E-state index contributed by atoms with van der Waals surface area (Å²) in [4.78, 5) is 23.9. The number of carbonyl (C=O) groups excluding carboxylic acids is 1. The molecule has 2 aromatic carbocycles. The maximum Gasteiger partial charge on any atom is 0.416 e. The van der Waals surface area contributed by atoms with Crippen LogP contribution in [-0.4, -0.2) is 48.7 Å². The number of anilines is 1. The van der Waals surface area contributed by atoms with Crippen LogP contribution in [0.4, 0.5) is 18.3 Å². The lowest BCUT2D eigenvalue weighted by atomic mass is 10.0. The Bertz CT molecular complexity index is 1300. The van der Waals surface area contributed by atoms with Crippen LogP contribution < -0.4 is 11.1 Å². The monoisotopic (exact) mass is 513 g/mol. The smallest absolute Gasteiger partial charge is 0.360 e. The third kappa shape index (κ3) is 6.00. The second kappa shape index (κ2) is 10.6. The Morgan fingerprint density at radius 3 is 2.64 bits per heavy atom. The van der Waals surface area contributed by atoms with E-state index in [2.05, 4.69) is 15.3 Å². The van der Waals surface area contributed by atoms with Crippen molar-refractivity contribution < 1.29 is 18.0 Å². The van der Waals surface area contributed by atoms with E-state index in [1.165, 1.54) is 28.4 Å². The lowest BCUT2D eigenvalue weighted by Crippen LogP contribution is -2.31. The molecule has 3 N–H and O–H groups in total. The Labute approximate surface area is 211 Å². The molecule has 0 radical (unpaired) electrons. The minimum Gasteiger partial charge on any atom is -0.360 e. The molecule has 1 aliphatic rings. The van der Waals surface area contributed by atoms with Crippen molar-refractivity contribution >= 4 is 34.7 Å². The maximum atomic E-state index is 12.9. The van der Waals surface area contributed by atoms with Gasteiger partial charge in [-0.2, -0.15) is 13.2 Å². The predicted molar refractivity (Wildman–Crippen MR) is 138 cm³/mol. The molecule has 1 amide bonds. The minimum atomic E-state index is -4.37. The molecule has 0 saturated carbocycles. The number of amides is 1. The van der Waals surface area contributed by atoms with Crippen LogP contribution in [0.1, 0.15) is 32.7 Å². The van der Waals surface area contributed by atoms with Crippen LogP contribution in [0.2, 0.25) is 0 Å². The number of rotatable bonds is 7. The summed E-state index contributed by atoms with van der Waals surface area (Å²) in [5.41, 5.74) is 9.66. The predicted octanol–water partition coefficient (Wildman–Crippen LogP) is 5.11. The van der Waals surface area contributed by atoms with E-state index < -0.39 is 11.7 Å². The summed E-state index contributed by atoms with van der Waals surface area (Å²) in [7, 11) is 3.35. The third-order valence-corrected chi connectivity index (χ3v) is 6.76. The highest BCUT2D eigenvalue weighted by Gasteiger charge is 2.30. The second-order valence-electron chi connectivity index (χ2n) is 8.70. The average molecular weight is 514 g/mol. The standard InChI is InChI=1S/C26H26F3N5OS/c1-34(2)24(35)22-23(19-6-5-17-9-11-31-12-10-18(17)14-19)36-25(33-22)32-15-21(30)13-16-3-7-20(8-4-16)26(27,28)29/h3-8,10-12,14,21H,9,13,15,30H2,1-2H3,(H,32,33)/t21-/m0/s1. The number of halogens is 3. The van der Waals surface area contributed by atoms with Gasteiger partial charge in [-0.25, -0.2) is 4.98 Å². The van der Waals surface area contributed by atoms with E-state index in [1.807, 2.05) is 30.5 Å². The number of nitrogens with zero attached hydrogens (tertiary/aromatic N) is 3. The van der Waals surface area contributed by atoms with Crippen LogP contribution >= 0.6 is 11.3 Å². The molecule has 4 rings (SSSR count). The number of benzene rings is 2. The van der Waals surface area contributed by atoms with Gasteiger partial charge in [0.05, 0.1) is 10.4 Å². The van der Waals surface area contributed by atoms with Crippen LogP contribution in [0.15, 0.2) is 53.7 Å². The number of alkyl halides is 3. The van der Waals surface area contributed by atoms with E-state index in [-0.39, 0.29) is 11.9 Å². The SMILES string of the molecule is CN(C)C(=O)c1nc(NC[C@@H](N)Cc2ccc(C(F)(F)F)cc2)sc1-c1ccc2c(c1)C=CN=CC2. The Morgan fingerprint density at radius 1 is 1.19 bits per heavy atom. The van der Waals surface area contributed by atoms with Gasteiger partial charge in [0.25, 0.3) is 5.91 Å². The number of aliphatic imine (C=N–C) groups is 1. The molecule has 36 heavy (non-hydrogen) atoms. The first-order valence-electron chi connectivity index (χ1n) is 11.3. The van der Waals surface area contributed by atoms with Gasteiger partial charge in [-0.15, -0.1) is 0 Å². The Balaban J connectivity index is 1.50. The first-order chi connectivity index (χ1) is 17.1. The van der Waals surface area contributed by atoms with E-state index in [0.29, 0.717) is 29.4 Å².